The van der Waals surface area contributed by atoms with E-state index in [9.17, 15) is 4.79 Å². The van der Waals surface area contributed by atoms with E-state index in [1.54, 1.807) is 0 Å². The van der Waals surface area contributed by atoms with Crippen molar-refractivity contribution in [1.82, 2.24) is 9.38 Å². The summed E-state index contributed by atoms with van der Waals surface area (Å²) in [5.74, 6) is 0. The van der Waals surface area contributed by atoms with Gasteiger partial charge in [0.2, 0.25) is 0 Å². The largest absolute Gasteiger partial charge is 0.304 e. The molecule has 0 atom stereocenters. The number of carbonyl (C=O) groups excluding carboxylic acids is 1. The molecule has 66 valence electrons. The maximum absolute atomic E-state index is 10.2. The van der Waals surface area contributed by atoms with Crippen molar-refractivity contribution in [2.75, 3.05) is 0 Å². The number of aldehydes is 1. The number of aromatic nitrogens is 2. The van der Waals surface area contributed by atoms with E-state index < -0.39 is 0 Å². The van der Waals surface area contributed by atoms with E-state index in [0.717, 1.165) is 24.0 Å². The van der Waals surface area contributed by atoms with Crippen molar-refractivity contribution in [3.8, 4) is 0 Å². The minimum Gasteiger partial charge on any atom is -0.304 e. The predicted octanol–water partition coefficient (Wildman–Crippen LogP) is 1.47. The summed E-state index contributed by atoms with van der Waals surface area (Å²) in [6.45, 7) is 0. The maximum atomic E-state index is 10.2. The van der Waals surface area contributed by atoms with Gasteiger partial charge in [0.15, 0.2) is 0 Å². The average Bonchev–Trinajstić information content (AvgIpc) is 2.58. The predicted molar refractivity (Wildman–Crippen MR) is 49.6 cm³/mol. The van der Waals surface area contributed by atoms with Crippen LogP contribution in [0.4, 0.5) is 0 Å². The first-order valence-electron chi connectivity index (χ1n) is 4.26. The quantitative estimate of drug-likeness (QED) is 0.660. The molecule has 2 rings (SSSR count). The van der Waals surface area contributed by atoms with Crippen molar-refractivity contribution in [1.29, 1.82) is 0 Å². The van der Waals surface area contributed by atoms with Crippen LogP contribution in [-0.4, -0.2) is 15.7 Å². The molecule has 0 aromatic carbocycles. The highest BCUT2D eigenvalue weighted by Crippen LogP contribution is 2.07. The van der Waals surface area contributed by atoms with Gasteiger partial charge in [0, 0.05) is 24.5 Å². The van der Waals surface area contributed by atoms with Gasteiger partial charge in [0.05, 0.1) is 0 Å². The molecule has 0 N–H and O–H groups in total. The number of fused-ring (bicyclic) bond motifs is 1. The summed E-state index contributed by atoms with van der Waals surface area (Å²) in [7, 11) is 0. The number of carbonyl (C=O) groups is 1. The van der Waals surface area contributed by atoms with Crippen LogP contribution in [0.15, 0.2) is 30.6 Å². The van der Waals surface area contributed by atoms with E-state index >= 15 is 0 Å². The van der Waals surface area contributed by atoms with Gasteiger partial charge in [-0.3, -0.25) is 0 Å². The van der Waals surface area contributed by atoms with E-state index in [4.69, 9.17) is 0 Å². The van der Waals surface area contributed by atoms with Gasteiger partial charge >= 0.3 is 0 Å². The van der Waals surface area contributed by atoms with Crippen LogP contribution in [-0.2, 0) is 11.2 Å². The number of hydrogen-bond donors (Lipinski definition) is 0. The SMILES string of the molecule is O=CCCc1cnc2ccccn12. The van der Waals surface area contributed by atoms with Crippen molar-refractivity contribution in [3.63, 3.8) is 0 Å². The van der Waals surface area contributed by atoms with Crippen LogP contribution >= 0.6 is 0 Å². The number of pyridine rings is 1. The second-order valence-corrected chi connectivity index (χ2v) is 2.88. The fourth-order valence-electron chi connectivity index (χ4n) is 1.38. The lowest BCUT2D eigenvalue weighted by Crippen LogP contribution is -1.92. The molecule has 2 aromatic rings. The zero-order valence-electron chi connectivity index (χ0n) is 7.18. The van der Waals surface area contributed by atoms with Gasteiger partial charge in [-0.25, -0.2) is 4.98 Å². The average molecular weight is 174 g/mol. The van der Waals surface area contributed by atoms with E-state index in [-0.39, 0.29) is 0 Å². The molecule has 0 aliphatic carbocycles. The van der Waals surface area contributed by atoms with Crippen LogP contribution in [0.25, 0.3) is 5.65 Å². The number of imidazole rings is 1. The molecular weight excluding hydrogens is 164 g/mol. The van der Waals surface area contributed by atoms with Crippen molar-refractivity contribution in [2.45, 2.75) is 12.8 Å². The highest BCUT2D eigenvalue weighted by atomic mass is 16.1. The molecule has 0 radical (unpaired) electrons. The Balaban J connectivity index is 2.40. The molecule has 0 bridgehead atoms. The second kappa shape index (κ2) is 3.39. The molecule has 0 saturated carbocycles. The Morgan fingerprint density at radius 2 is 2.38 bits per heavy atom. The molecule has 2 aromatic heterocycles. The van der Waals surface area contributed by atoms with Gasteiger partial charge in [-0.15, -0.1) is 0 Å². The van der Waals surface area contributed by atoms with Gasteiger partial charge in [-0.1, -0.05) is 6.07 Å². The second-order valence-electron chi connectivity index (χ2n) is 2.88. The summed E-state index contributed by atoms with van der Waals surface area (Å²) in [5.41, 5.74) is 2.02. The number of aryl methyl sites for hydroxylation is 1. The molecule has 3 nitrogen and oxygen atoms in total. The fourth-order valence-corrected chi connectivity index (χ4v) is 1.38. The Labute approximate surface area is 76.0 Å². The van der Waals surface area contributed by atoms with Crippen molar-refractivity contribution in [3.05, 3.63) is 36.3 Å². The maximum Gasteiger partial charge on any atom is 0.136 e. The van der Waals surface area contributed by atoms with Gasteiger partial charge in [-0.2, -0.15) is 0 Å². The Morgan fingerprint density at radius 1 is 1.46 bits per heavy atom. The molecule has 0 fully saturated rings. The summed E-state index contributed by atoms with van der Waals surface area (Å²) in [6, 6.07) is 5.86. The Hall–Kier alpha value is -1.64. The summed E-state index contributed by atoms with van der Waals surface area (Å²) < 4.78 is 2.00. The third-order valence-corrected chi connectivity index (χ3v) is 2.01. The molecule has 0 aliphatic heterocycles. The number of nitrogens with zero attached hydrogens (tertiary/aromatic N) is 2. The van der Waals surface area contributed by atoms with Crippen LogP contribution in [0.3, 0.4) is 0 Å². The molecule has 3 heteroatoms. The van der Waals surface area contributed by atoms with Crippen LogP contribution < -0.4 is 0 Å². The van der Waals surface area contributed by atoms with Crippen molar-refractivity contribution < 1.29 is 4.79 Å². The van der Waals surface area contributed by atoms with Crippen LogP contribution in [0.2, 0.25) is 0 Å². The molecule has 0 aliphatic rings. The first kappa shape index (κ1) is 7.98. The summed E-state index contributed by atoms with van der Waals surface area (Å²) in [6.07, 6.45) is 6.03. The molecular formula is C10H10N2O. The van der Waals surface area contributed by atoms with E-state index in [2.05, 4.69) is 4.98 Å². The lowest BCUT2D eigenvalue weighted by Gasteiger charge is -1.97. The lowest BCUT2D eigenvalue weighted by atomic mass is 10.3. The molecule has 0 amide bonds. The van der Waals surface area contributed by atoms with Crippen molar-refractivity contribution in [2.24, 2.45) is 0 Å². The molecule has 0 spiro atoms. The molecule has 0 unspecified atom stereocenters. The van der Waals surface area contributed by atoms with Crippen LogP contribution in [0.1, 0.15) is 12.1 Å². The molecule has 2 heterocycles. The summed E-state index contributed by atoms with van der Waals surface area (Å²) >= 11 is 0. The summed E-state index contributed by atoms with van der Waals surface area (Å²) in [4.78, 5) is 14.4. The van der Waals surface area contributed by atoms with E-state index in [1.165, 1.54) is 0 Å². The Kier molecular flexibility index (Phi) is 2.08. The minimum absolute atomic E-state index is 0.558. The first-order chi connectivity index (χ1) is 6.42. The first-order valence-corrected chi connectivity index (χ1v) is 4.26. The zero-order valence-corrected chi connectivity index (χ0v) is 7.18. The van der Waals surface area contributed by atoms with Gasteiger partial charge in [-0.05, 0) is 18.6 Å². The molecule has 0 saturated heterocycles. The van der Waals surface area contributed by atoms with Gasteiger partial charge < -0.3 is 9.20 Å². The van der Waals surface area contributed by atoms with Crippen molar-refractivity contribution >= 4 is 11.9 Å². The fraction of sp³-hybridized carbons (Fsp3) is 0.200. The Bertz CT molecular complexity index is 420. The topological polar surface area (TPSA) is 34.4 Å². The van der Waals surface area contributed by atoms with Gasteiger partial charge in [0.25, 0.3) is 0 Å². The highest BCUT2D eigenvalue weighted by molar-refractivity contribution is 5.50. The third kappa shape index (κ3) is 1.45. The minimum atomic E-state index is 0.558. The van der Waals surface area contributed by atoms with Crippen LogP contribution in [0.5, 0.6) is 0 Å². The smallest absolute Gasteiger partial charge is 0.136 e. The standard InChI is InChI=1S/C10H10N2O/c13-7-3-4-9-8-11-10-5-1-2-6-12(9)10/h1-2,5-8H,3-4H2. The molecule has 13 heavy (non-hydrogen) atoms. The van der Waals surface area contributed by atoms with Crippen LogP contribution in [0, 0.1) is 0 Å². The van der Waals surface area contributed by atoms with E-state index in [0.29, 0.717) is 6.42 Å². The summed E-state index contributed by atoms with van der Waals surface area (Å²) in [5, 5.41) is 0. The highest BCUT2D eigenvalue weighted by Gasteiger charge is 2.00. The monoisotopic (exact) mass is 174 g/mol. The van der Waals surface area contributed by atoms with E-state index in [1.807, 2.05) is 35.0 Å². The number of hydrogen-bond acceptors (Lipinski definition) is 2. The Morgan fingerprint density at radius 3 is 3.23 bits per heavy atom. The third-order valence-electron chi connectivity index (χ3n) is 2.01. The normalized spacial score (nSPS) is 10.5. The lowest BCUT2D eigenvalue weighted by molar-refractivity contribution is -0.107. The van der Waals surface area contributed by atoms with Gasteiger partial charge in [0.1, 0.15) is 11.9 Å². The number of rotatable bonds is 3. The zero-order chi connectivity index (χ0) is 9.10.